The van der Waals surface area contributed by atoms with Gasteiger partial charge in [0.15, 0.2) is 0 Å². The van der Waals surface area contributed by atoms with E-state index < -0.39 is 0 Å². The van der Waals surface area contributed by atoms with Crippen LogP contribution in [0.2, 0.25) is 0 Å². The summed E-state index contributed by atoms with van der Waals surface area (Å²) < 4.78 is 21.3. The minimum Gasteiger partial charge on any atom is -0.383 e. The average molecular weight is 391 g/mol. The Labute approximate surface area is 165 Å². The van der Waals surface area contributed by atoms with Crippen LogP contribution < -0.4 is 0 Å². The van der Waals surface area contributed by atoms with Crippen molar-refractivity contribution < 1.29 is 9.13 Å². The summed E-state index contributed by atoms with van der Waals surface area (Å²) >= 11 is 1.58. The van der Waals surface area contributed by atoms with Crippen LogP contribution in [0.3, 0.4) is 0 Å². The van der Waals surface area contributed by atoms with Gasteiger partial charge in [0.2, 0.25) is 0 Å². The molecule has 0 atom stereocenters. The molecule has 140 valence electrons. The SMILES string of the molecule is COCCn1cc(-c2nc(-c3c[nH]c4ccccc34)cs2)c2cc(F)ccc21. The van der Waals surface area contributed by atoms with Gasteiger partial charge in [-0.2, -0.15) is 0 Å². The van der Waals surface area contributed by atoms with Gasteiger partial charge in [-0.1, -0.05) is 18.2 Å². The highest BCUT2D eigenvalue weighted by molar-refractivity contribution is 7.13. The molecule has 4 nitrogen and oxygen atoms in total. The van der Waals surface area contributed by atoms with Gasteiger partial charge in [-0.25, -0.2) is 9.37 Å². The molecule has 0 radical (unpaired) electrons. The third kappa shape index (κ3) is 2.82. The van der Waals surface area contributed by atoms with Gasteiger partial charge < -0.3 is 14.3 Å². The fourth-order valence-corrected chi connectivity index (χ4v) is 4.46. The molecule has 0 aliphatic rings. The number of aromatic amines is 1. The van der Waals surface area contributed by atoms with Gasteiger partial charge in [0.1, 0.15) is 10.8 Å². The third-order valence-electron chi connectivity index (χ3n) is 4.98. The Hall–Kier alpha value is -2.96. The first-order valence-electron chi connectivity index (χ1n) is 9.04. The number of hydrogen-bond donors (Lipinski definition) is 1. The molecule has 1 N–H and O–H groups in total. The van der Waals surface area contributed by atoms with Crippen LogP contribution in [0.4, 0.5) is 4.39 Å². The van der Waals surface area contributed by atoms with Crippen molar-refractivity contribution in [2.75, 3.05) is 13.7 Å². The zero-order chi connectivity index (χ0) is 19.1. The van der Waals surface area contributed by atoms with E-state index in [0.29, 0.717) is 13.2 Å². The molecule has 6 heteroatoms. The molecule has 0 spiro atoms. The lowest BCUT2D eigenvalue weighted by Crippen LogP contribution is -2.02. The van der Waals surface area contributed by atoms with Gasteiger partial charge in [0.25, 0.3) is 0 Å². The first-order chi connectivity index (χ1) is 13.7. The molecule has 0 fully saturated rings. The summed E-state index contributed by atoms with van der Waals surface area (Å²) in [7, 11) is 1.68. The summed E-state index contributed by atoms with van der Waals surface area (Å²) in [6, 6.07) is 13.1. The number of benzene rings is 2. The molecule has 5 aromatic rings. The van der Waals surface area contributed by atoms with Crippen LogP contribution in [0.25, 0.3) is 43.6 Å². The minimum atomic E-state index is -0.244. The van der Waals surface area contributed by atoms with Crippen molar-refractivity contribution in [1.82, 2.24) is 14.5 Å². The fraction of sp³-hybridized carbons (Fsp3) is 0.136. The Morgan fingerprint density at radius 1 is 1.14 bits per heavy atom. The number of aromatic nitrogens is 3. The Bertz CT molecular complexity index is 1280. The first kappa shape index (κ1) is 17.2. The van der Waals surface area contributed by atoms with Crippen molar-refractivity contribution in [3.05, 3.63) is 66.1 Å². The summed E-state index contributed by atoms with van der Waals surface area (Å²) in [5, 5.41) is 4.96. The predicted molar refractivity (Wildman–Crippen MR) is 112 cm³/mol. The molecule has 2 aromatic carbocycles. The standard InChI is InChI=1S/C22H18FN3OS/c1-27-9-8-26-12-18(16-10-14(23)6-7-21(16)26)22-25-20(13-28-22)17-11-24-19-5-3-2-4-15(17)19/h2-7,10-13,24H,8-9H2,1H3. The molecule has 0 bridgehead atoms. The van der Waals surface area contributed by atoms with Crippen LogP contribution >= 0.6 is 11.3 Å². The summed E-state index contributed by atoms with van der Waals surface area (Å²) in [4.78, 5) is 8.18. The molecule has 0 aliphatic carbocycles. The van der Waals surface area contributed by atoms with Crippen molar-refractivity contribution in [2.45, 2.75) is 6.54 Å². The number of rotatable bonds is 5. The highest BCUT2D eigenvalue weighted by Gasteiger charge is 2.16. The van der Waals surface area contributed by atoms with E-state index >= 15 is 0 Å². The van der Waals surface area contributed by atoms with E-state index in [1.807, 2.05) is 30.6 Å². The van der Waals surface area contributed by atoms with E-state index in [4.69, 9.17) is 9.72 Å². The van der Waals surface area contributed by atoms with E-state index in [-0.39, 0.29) is 5.82 Å². The van der Waals surface area contributed by atoms with Gasteiger partial charge in [-0.05, 0) is 24.3 Å². The van der Waals surface area contributed by atoms with Crippen LogP contribution in [0.15, 0.2) is 60.2 Å². The Morgan fingerprint density at radius 2 is 2.04 bits per heavy atom. The molecule has 3 aromatic heterocycles. The lowest BCUT2D eigenvalue weighted by atomic mass is 10.1. The number of nitrogens with zero attached hydrogens (tertiary/aromatic N) is 2. The second-order valence-corrected chi connectivity index (χ2v) is 7.53. The molecule has 0 unspecified atom stereocenters. The van der Waals surface area contributed by atoms with Gasteiger partial charge >= 0.3 is 0 Å². The lowest BCUT2D eigenvalue weighted by molar-refractivity contribution is 0.188. The van der Waals surface area contributed by atoms with Gasteiger partial charge in [0.05, 0.1) is 12.3 Å². The average Bonchev–Trinajstić information content (AvgIpc) is 3.42. The third-order valence-corrected chi connectivity index (χ3v) is 5.85. The maximum Gasteiger partial charge on any atom is 0.126 e. The normalized spacial score (nSPS) is 11.6. The van der Waals surface area contributed by atoms with Crippen LogP contribution in [0, 0.1) is 5.82 Å². The van der Waals surface area contributed by atoms with Gasteiger partial charge in [0, 0.05) is 64.4 Å². The molecular formula is C22H18FN3OS. The van der Waals surface area contributed by atoms with Crippen molar-refractivity contribution >= 4 is 33.1 Å². The summed E-state index contributed by atoms with van der Waals surface area (Å²) in [5.41, 5.74) is 5.02. The van der Waals surface area contributed by atoms with E-state index in [1.165, 1.54) is 6.07 Å². The number of methoxy groups -OCH3 is 1. The van der Waals surface area contributed by atoms with Gasteiger partial charge in [-0.15, -0.1) is 11.3 Å². The topological polar surface area (TPSA) is 42.8 Å². The second kappa shape index (κ2) is 6.89. The summed E-state index contributed by atoms with van der Waals surface area (Å²) in [5.74, 6) is -0.244. The molecule has 0 aliphatic heterocycles. The number of para-hydroxylation sites is 1. The molecule has 5 rings (SSSR count). The van der Waals surface area contributed by atoms with Crippen molar-refractivity contribution in [2.24, 2.45) is 0 Å². The van der Waals surface area contributed by atoms with Crippen LogP contribution in [-0.2, 0) is 11.3 Å². The highest BCUT2D eigenvalue weighted by atomic mass is 32.1. The zero-order valence-electron chi connectivity index (χ0n) is 15.3. The zero-order valence-corrected chi connectivity index (χ0v) is 16.1. The molecule has 28 heavy (non-hydrogen) atoms. The van der Waals surface area contributed by atoms with Crippen molar-refractivity contribution in [1.29, 1.82) is 0 Å². The number of halogens is 1. The van der Waals surface area contributed by atoms with Crippen molar-refractivity contribution in [3.63, 3.8) is 0 Å². The highest BCUT2D eigenvalue weighted by Crippen LogP contribution is 2.37. The minimum absolute atomic E-state index is 0.244. The van der Waals surface area contributed by atoms with Crippen LogP contribution in [-0.4, -0.2) is 28.3 Å². The number of fused-ring (bicyclic) bond motifs is 2. The quantitative estimate of drug-likeness (QED) is 0.418. The monoisotopic (exact) mass is 391 g/mol. The fourth-order valence-electron chi connectivity index (χ4n) is 3.62. The Kier molecular flexibility index (Phi) is 4.22. The van der Waals surface area contributed by atoms with Crippen LogP contribution in [0.1, 0.15) is 0 Å². The Balaban J connectivity index is 1.62. The molecular weight excluding hydrogens is 373 g/mol. The number of hydrogen-bond acceptors (Lipinski definition) is 3. The first-order valence-corrected chi connectivity index (χ1v) is 9.92. The number of thiazole rings is 1. The maximum absolute atomic E-state index is 13.9. The second-order valence-electron chi connectivity index (χ2n) is 6.68. The van der Waals surface area contributed by atoms with Crippen molar-refractivity contribution in [3.8, 4) is 21.8 Å². The predicted octanol–water partition coefficient (Wildman–Crippen LogP) is 5.70. The van der Waals surface area contributed by atoms with Gasteiger partial charge in [-0.3, -0.25) is 0 Å². The van der Waals surface area contributed by atoms with E-state index in [0.717, 1.165) is 43.6 Å². The van der Waals surface area contributed by atoms with E-state index in [9.17, 15) is 4.39 Å². The maximum atomic E-state index is 13.9. The Morgan fingerprint density at radius 3 is 2.93 bits per heavy atom. The largest absolute Gasteiger partial charge is 0.383 e. The molecule has 0 amide bonds. The molecule has 0 saturated heterocycles. The number of H-pyrrole nitrogens is 1. The van der Waals surface area contributed by atoms with E-state index in [1.54, 1.807) is 24.5 Å². The van der Waals surface area contributed by atoms with E-state index in [2.05, 4.69) is 27.1 Å². The molecule has 0 saturated carbocycles. The summed E-state index contributed by atoms with van der Waals surface area (Å²) in [6.45, 7) is 1.30. The molecule has 3 heterocycles. The van der Waals surface area contributed by atoms with Crippen LogP contribution in [0.5, 0.6) is 0 Å². The lowest BCUT2D eigenvalue weighted by Gasteiger charge is -2.03. The summed E-state index contributed by atoms with van der Waals surface area (Å²) in [6.07, 6.45) is 4.03. The number of nitrogens with one attached hydrogen (secondary N) is 1. The smallest absolute Gasteiger partial charge is 0.126 e. The number of ether oxygens (including phenoxy) is 1.